The number of hydrogen-bond acceptors (Lipinski definition) is 5. The minimum atomic E-state index is -0.878. The van der Waals surface area contributed by atoms with Gasteiger partial charge in [0.15, 0.2) is 5.65 Å². The Morgan fingerprint density at radius 1 is 1.36 bits per heavy atom. The minimum Gasteiger partial charge on any atom is -0.465 e. The summed E-state index contributed by atoms with van der Waals surface area (Å²) >= 11 is 0. The Hall–Kier alpha value is -3.16. The Morgan fingerprint density at radius 2 is 2.28 bits per heavy atom. The van der Waals surface area contributed by atoms with Gasteiger partial charge in [0.2, 0.25) is 0 Å². The van der Waals surface area contributed by atoms with Gasteiger partial charge in [0.1, 0.15) is 11.3 Å². The Balaban J connectivity index is 1.61. The van der Waals surface area contributed by atoms with Crippen molar-refractivity contribution in [3.63, 3.8) is 0 Å². The summed E-state index contributed by atoms with van der Waals surface area (Å²) in [5.74, 6) is 0.698. The van der Waals surface area contributed by atoms with E-state index in [0.717, 1.165) is 35.3 Å². The summed E-state index contributed by atoms with van der Waals surface area (Å²) in [4.78, 5) is 29.1. The number of fused-ring (bicyclic) bond motifs is 1. The van der Waals surface area contributed by atoms with Gasteiger partial charge in [-0.05, 0) is 31.0 Å². The molecule has 0 spiro atoms. The Bertz CT molecular complexity index is 909. The second-order valence-electron chi connectivity index (χ2n) is 6.08. The van der Waals surface area contributed by atoms with Crippen LogP contribution in [0, 0.1) is 0 Å². The third-order valence-electron chi connectivity index (χ3n) is 4.38. The molecule has 0 saturated carbocycles. The summed E-state index contributed by atoms with van der Waals surface area (Å²) in [6.45, 7) is 1.03. The van der Waals surface area contributed by atoms with Crippen LogP contribution in [-0.2, 0) is 0 Å². The molecule has 0 aliphatic carbocycles. The fourth-order valence-corrected chi connectivity index (χ4v) is 3.15. The molecule has 128 valence electrons. The lowest BCUT2D eigenvalue weighted by Gasteiger charge is -2.31. The Labute approximate surface area is 143 Å². The van der Waals surface area contributed by atoms with Crippen molar-refractivity contribution < 1.29 is 9.90 Å². The number of rotatable bonds is 3. The number of carbonyl (C=O) groups is 1. The normalized spacial score (nSPS) is 17.6. The molecular formula is C17H18N6O2. The van der Waals surface area contributed by atoms with Crippen molar-refractivity contribution >= 4 is 23.1 Å². The molecule has 1 saturated heterocycles. The van der Waals surface area contributed by atoms with E-state index < -0.39 is 6.09 Å². The van der Waals surface area contributed by atoms with Gasteiger partial charge in [0.05, 0.1) is 11.9 Å². The molecule has 4 rings (SSSR count). The summed E-state index contributed by atoms with van der Waals surface area (Å²) in [6.07, 6.45) is 6.09. The largest absolute Gasteiger partial charge is 0.465 e. The molecule has 1 amide bonds. The van der Waals surface area contributed by atoms with Crippen molar-refractivity contribution in [3.8, 4) is 11.3 Å². The summed E-state index contributed by atoms with van der Waals surface area (Å²) in [7, 11) is 0. The van der Waals surface area contributed by atoms with Gasteiger partial charge in [-0.1, -0.05) is 0 Å². The number of carboxylic acid groups (broad SMARTS) is 1. The predicted molar refractivity (Wildman–Crippen MR) is 93.4 cm³/mol. The van der Waals surface area contributed by atoms with E-state index in [4.69, 9.17) is 0 Å². The molecule has 1 aliphatic heterocycles. The average molecular weight is 338 g/mol. The van der Waals surface area contributed by atoms with E-state index in [1.807, 2.05) is 18.2 Å². The molecule has 3 aromatic rings. The van der Waals surface area contributed by atoms with Crippen LogP contribution in [0.3, 0.4) is 0 Å². The zero-order valence-electron chi connectivity index (χ0n) is 13.5. The quantitative estimate of drug-likeness (QED) is 0.677. The van der Waals surface area contributed by atoms with Crippen LogP contribution in [0.4, 0.5) is 10.6 Å². The fraction of sp³-hybridized carbons (Fsp3) is 0.294. The minimum absolute atomic E-state index is 0.0300. The lowest BCUT2D eigenvalue weighted by molar-refractivity contribution is 0.133. The first-order valence-corrected chi connectivity index (χ1v) is 8.20. The number of piperidine rings is 1. The number of nitrogens with one attached hydrogen (secondary N) is 2. The SMILES string of the molecule is O=C(O)N1CCCC(Nc2ncccc2-c2cnc3[nH]ccc3n2)C1. The van der Waals surface area contributed by atoms with E-state index in [-0.39, 0.29) is 6.04 Å². The van der Waals surface area contributed by atoms with Gasteiger partial charge in [-0.15, -0.1) is 0 Å². The number of aromatic amines is 1. The highest BCUT2D eigenvalue weighted by Gasteiger charge is 2.24. The zero-order chi connectivity index (χ0) is 17.2. The molecule has 8 nitrogen and oxygen atoms in total. The highest BCUT2D eigenvalue weighted by atomic mass is 16.4. The Kier molecular flexibility index (Phi) is 3.93. The maximum atomic E-state index is 11.2. The van der Waals surface area contributed by atoms with Crippen molar-refractivity contribution in [2.75, 3.05) is 18.4 Å². The third-order valence-corrected chi connectivity index (χ3v) is 4.38. The molecule has 3 aromatic heterocycles. The second-order valence-corrected chi connectivity index (χ2v) is 6.08. The van der Waals surface area contributed by atoms with Crippen molar-refractivity contribution in [2.24, 2.45) is 0 Å². The summed E-state index contributed by atoms with van der Waals surface area (Å²) in [6, 6.07) is 5.70. The first kappa shape index (κ1) is 15.4. The van der Waals surface area contributed by atoms with Crippen LogP contribution in [0.1, 0.15) is 12.8 Å². The molecular weight excluding hydrogens is 320 g/mol. The van der Waals surface area contributed by atoms with Gasteiger partial charge >= 0.3 is 6.09 Å². The summed E-state index contributed by atoms with van der Waals surface area (Å²) in [5.41, 5.74) is 3.12. The molecule has 0 radical (unpaired) electrons. The molecule has 1 unspecified atom stereocenters. The molecule has 1 aliphatic rings. The van der Waals surface area contributed by atoms with Crippen LogP contribution >= 0.6 is 0 Å². The van der Waals surface area contributed by atoms with E-state index in [9.17, 15) is 9.90 Å². The molecule has 0 aromatic carbocycles. The van der Waals surface area contributed by atoms with Crippen molar-refractivity contribution in [1.29, 1.82) is 0 Å². The van der Waals surface area contributed by atoms with E-state index in [1.165, 1.54) is 4.90 Å². The molecule has 8 heteroatoms. The van der Waals surface area contributed by atoms with Crippen LogP contribution in [0.5, 0.6) is 0 Å². The molecule has 25 heavy (non-hydrogen) atoms. The molecule has 1 fully saturated rings. The van der Waals surface area contributed by atoms with Crippen molar-refractivity contribution in [3.05, 3.63) is 36.8 Å². The van der Waals surface area contributed by atoms with E-state index in [2.05, 4.69) is 25.3 Å². The van der Waals surface area contributed by atoms with Gasteiger partial charge in [-0.3, -0.25) is 0 Å². The van der Waals surface area contributed by atoms with Crippen LogP contribution in [0.2, 0.25) is 0 Å². The maximum absolute atomic E-state index is 11.2. The van der Waals surface area contributed by atoms with E-state index in [1.54, 1.807) is 18.6 Å². The molecule has 0 bridgehead atoms. The number of H-pyrrole nitrogens is 1. The Morgan fingerprint density at radius 3 is 3.16 bits per heavy atom. The van der Waals surface area contributed by atoms with Gasteiger partial charge in [0, 0.05) is 37.1 Å². The monoisotopic (exact) mass is 338 g/mol. The van der Waals surface area contributed by atoms with Crippen LogP contribution in [-0.4, -0.2) is 55.2 Å². The van der Waals surface area contributed by atoms with Gasteiger partial charge < -0.3 is 20.3 Å². The molecule has 1 atom stereocenters. The highest BCUT2D eigenvalue weighted by molar-refractivity contribution is 5.78. The molecule has 4 heterocycles. The fourth-order valence-electron chi connectivity index (χ4n) is 3.15. The van der Waals surface area contributed by atoms with Gasteiger partial charge in [-0.2, -0.15) is 0 Å². The van der Waals surface area contributed by atoms with Gasteiger partial charge in [-0.25, -0.2) is 19.7 Å². The van der Waals surface area contributed by atoms with E-state index >= 15 is 0 Å². The molecule has 3 N–H and O–H groups in total. The highest BCUT2D eigenvalue weighted by Crippen LogP contribution is 2.26. The van der Waals surface area contributed by atoms with E-state index in [0.29, 0.717) is 18.9 Å². The van der Waals surface area contributed by atoms with Crippen molar-refractivity contribution in [2.45, 2.75) is 18.9 Å². The topological polar surface area (TPSA) is 107 Å². The summed E-state index contributed by atoms with van der Waals surface area (Å²) < 4.78 is 0. The third kappa shape index (κ3) is 3.10. The number of amides is 1. The lowest BCUT2D eigenvalue weighted by Crippen LogP contribution is -2.44. The van der Waals surface area contributed by atoms with Crippen molar-refractivity contribution in [1.82, 2.24) is 24.8 Å². The van der Waals surface area contributed by atoms with Crippen LogP contribution in [0.25, 0.3) is 22.4 Å². The number of anilines is 1. The van der Waals surface area contributed by atoms with Crippen LogP contribution < -0.4 is 5.32 Å². The standard InChI is InChI=1S/C17H18N6O2/c24-17(25)23-8-2-3-11(10-23)21-15-12(4-1-6-18-15)14-9-20-16-13(22-14)5-7-19-16/h1,4-7,9,11H,2-3,8,10H2,(H,18,21)(H,19,20)(H,24,25). The number of pyridine rings is 1. The van der Waals surface area contributed by atoms with Crippen LogP contribution in [0.15, 0.2) is 36.8 Å². The average Bonchev–Trinajstić information content (AvgIpc) is 3.10. The zero-order valence-corrected chi connectivity index (χ0v) is 13.5. The maximum Gasteiger partial charge on any atom is 0.407 e. The predicted octanol–water partition coefficient (Wildman–Crippen LogP) is 2.57. The lowest BCUT2D eigenvalue weighted by atomic mass is 10.1. The smallest absolute Gasteiger partial charge is 0.407 e. The number of aromatic nitrogens is 4. The second kappa shape index (κ2) is 6.39. The number of nitrogens with zero attached hydrogens (tertiary/aromatic N) is 4. The first-order chi connectivity index (χ1) is 12.2. The summed E-state index contributed by atoms with van der Waals surface area (Å²) in [5, 5.41) is 12.6. The van der Waals surface area contributed by atoms with Gasteiger partial charge in [0.25, 0.3) is 0 Å². The first-order valence-electron chi connectivity index (χ1n) is 8.20. The number of hydrogen-bond donors (Lipinski definition) is 3. The number of likely N-dealkylation sites (tertiary alicyclic amines) is 1.